The summed E-state index contributed by atoms with van der Waals surface area (Å²) < 4.78 is 10.6. The minimum absolute atomic E-state index is 0.0873. The van der Waals surface area contributed by atoms with Crippen molar-refractivity contribution < 1.29 is 24.2 Å². The molecule has 1 aliphatic rings. The Hall–Kier alpha value is -3.84. The van der Waals surface area contributed by atoms with Gasteiger partial charge in [0.05, 0.1) is 36.4 Å². The molecule has 8 heteroatoms. The number of aliphatic hydroxyl groups excluding tert-OH is 1. The van der Waals surface area contributed by atoms with Gasteiger partial charge in [-0.3, -0.25) is 19.5 Å². The fourth-order valence-corrected chi connectivity index (χ4v) is 4.26. The van der Waals surface area contributed by atoms with Crippen molar-refractivity contribution in [2.45, 2.75) is 19.9 Å². The molecule has 0 bridgehead atoms. The number of aryl methyl sites for hydroxylation is 2. The second-order valence-corrected chi connectivity index (χ2v) is 8.32. The number of ether oxygens (including phenoxy) is 2. The Labute approximate surface area is 202 Å². The SMILES string of the molecule is COc1cc(OC)c(/C(O)=C2\C(=O)C(=O)N(c3ccc(C)c(C)c3)C2c2cccnc2)cc1Cl. The molecule has 1 atom stereocenters. The maximum atomic E-state index is 13.3. The van der Waals surface area contributed by atoms with Gasteiger partial charge in [0.15, 0.2) is 0 Å². The zero-order chi connectivity index (χ0) is 24.6. The summed E-state index contributed by atoms with van der Waals surface area (Å²) in [6, 6.07) is 11.0. The van der Waals surface area contributed by atoms with Gasteiger partial charge in [0, 0.05) is 24.1 Å². The van der Waals surface area contributed by atoms with E-state index in [9.17, 15) is 14.7 Å². The maximum absolute atomic E-state index is 13.3. The number of aromatic nitrogens is 1. The van der Waals surface area contributed by atoms with Crippen molar-refractivity contribution >= 4 is 34.7 Å². The van der Waals surface area contributed by atoms with Gasteiger partial charge in [-0.05, 0) is 54.8 Å². The summed E-state index contributed by atoms with van der Waals surface area (Å²) in [6.45, 7) is 3.89. The zero-order valence-corrected chi connectivity index (χ0v) is 19.9. The summed E-state index contributed by atoms with van der Waals surface area (Å²) in [7, 11) is 2.88. The fraction of sp³-hybridized carbons (Fsp3) is 0.192. The predicted molar refractivity (Wildman–Crippen MR) is 129 cm³/mol. The first kappa shape index (κ1) is 23.3. The van der Waals surface area contributed by atoms with Crippen LogP contribution in [0, 0.1) is 13.8 Å². The number of anilines is 1. The standard InChI is InChI=1S/C26H23ClN2O5/c1-14-7-8-17(10-15(14)2)29-23(16-6-5-9-28-13-16)22(25(31)26(29)32)24(30)18-11-19(27)21(34-4)12-20(18)33-3/h5-13,23,30H,1-4H3/b24-22+. The van der Waals surface area contributed by atoms with Crippen LogP contribution < -0.4 is 14.4 Å². The van der Waals surface area contributed by atoms with Crippen molar-refractivity contribution in [1.29, 1.82) is 0 Å². The topological polar surface area (TPSA) is 89.0 Å². The molecule has 1 aliphatic heterocycles. The van der Waals surface area contributed by atoms with E-state index in [1.54, 1.807) is 30.6 Å². The van der Waals surface area contributed by atoms with Gasteiger partial charge in [-0.25, -0.2) is 0 Å². The number of carbonyl (C=O) groups excluding carboxylic acids is 2. The van der Waals surface area contributed by atoms with Crippen LogP contribution >= 0.6 is 11.6 Å². The van der Waals surface area contributed by atoms with Gasteiger partial charge in [0.1, 0.15) is 17.3 Å². The molecule has 174 valence electrons. The maximum Gasteiger partial charge on any atom is 0.300 e. The molecule has 1 saturated heterocycles. The van der Waals surface area contributed by atoms with Crippen molar-refractivity contribution in [1.82, 2.24) is 4.98 Å². The van der Waals surface area contributed by atoms with Crippen molar-refractivity contribution in [3.63, 3.8) is 0 Å². The summed E-state index contributed by atoms with van der Waals surface area (Å²) in [5.41, 5.74) is 3.21. The Morgan fingerprint density at radius 3 is 2.38 bits per heavy atom. The monoisotopic (exact) mass is 478 g/mol. The van der Waals surface area contributed by atoms with E-state index < -0.39 is 23.5 Å². The number of methoxy groups -OCH3 is 2. The lowest BCUT2D eigenvalue weighted by Gasteiger charge is -2.26. The molecule has 1 fully saturated rings. The van der Waals surface area contributed by atoms with E-state index in [1.165, 1.54) is 31.3 Å². The molecule has 0 radical (unpaired) electrons. The quantitative estimate of drug-likeness (QED) is 0.315. The van der Waals surface area contributed by atoms with Crippen LogP contribution in [0.25, 0.3) is 5.76 Å². The Kier molecular flexibility index (Phi) is 6.30. The molecule has 2 heterocycles. The zero-order valence-electron chi connectivity index (χ0n) is 19.1. The van der Waals surface area contributed by atoms with Crippen molar-refractivity contribution in [3.8, 4) is 11.5 Å². The van der Waals surface area contributed by atoms with Gasteiger partial charge in [0.25, 0.3) is 11.7 Å². The molecule has 1 unspecified atom stereocenters. The summed E-state index contributed by atoms with van der Waals surface area (Å²) in [5, 5.41) is 11.6. The third-order valence-corrected chi connectivity index (χ3v) is 6.24. The highest BCUT2D eigenvalue weighted by atomic mass is 35.5. The number of ketones is 1. The molecule has 0 aliphatic carbocycles. The molecule has 1 N–H and O–H groups in total. The Morgan fingerprint density at radius 2 is 1.76 bits per heavy atom. The van der Waals surface area contributed by atoms with Crippen molar-refractivity contribution in [3.05, 3.63) is 87.7 Å². The van der Waals surface area contributed by atoms with Crippen molar-refractivity contribution in [2.75, 3.05) is 19.1 Å². The molecule has 0 spiro atoms. The molecular formula is C26H23ClN2O5. The van der Waals surface area contributed by atoms with Crippen LogP contribution in [-0.2, 0) is 9.59 Å². The largest absolute Gasteiger partial charge is 0.507 e. The average Bonchev–Trinajstić information content (AvgIpc) is 3.11. The van der Waals surface area contributed by atoms with Crippen LogP contribution in [0.15, 0.2) is 60.4 Å². The highest BCUT2D eigenvalue weighted by molar-refractivity contribution is 6.51. The molecule has 34 heavy (non-hydrogen) atoms. The normalized spacial score (nSPS) is 17.2. The van der Waals surface area contributed by atoms with Gasteiger partial charge in [-0.1, -0.05) is 23.7 Å². The van der Waals surface area contributed by atoms with Gasteiger partial charge >= 0.3 is 0 Å². The fourth-order valence-electron chi connectivity index (χ4n) is 4.02. The molecule has 2 aromatic carbocycles. The van der Waals surface area contributed by atoms with Crippen LogP contribution in [0.5, 0.6) is 11.5 Å². The van der Waals surface area contributed by atoms with Crippen LogP contribution in [0.1, 0.15) is 28.3 Å². The first-order valence-corrected chi connectivity index (χ1v) is 10.9. The highest BCUT2D eigenvalue weighted by Gasteiger charge is 2.47. The third-order valence-electron chi connectivity index (χ3n) is 5.94. The number of nitrogens with zero attached hydrogens (tertiary/aromatic N) is 2. The average molecular weight is 479 g/mol. The molecule has 1 amide bonds. The van der Waals surface area contributed by atoms with E-state index in [0.717, 1.165) is 11.1 Å². The van der Waals surface area contributed by atoms with Crippen LogP contribution in [-0.4, -0.2) is 36.0 Å². The second kappa shape index (κ2) is 9.19. The highest BCUT2D eigenvalue weighted by Crippen LogP contribution is 2.44. The second-order valence-electron chi connectivity index (χ2n) is 7.91. The minimum Gasteiger partial charge on any atom is -0.507 e. The van der Waals surface area contributed by atoms with E-state index in [0.29, 0.717) is 17.0 Å². The molecule has 7 nitrogen and oxygen atoms in total. The summed E-state index contributed by atoms with van der Waals surface area (Å²) in [5.74, 6) is -1.40. The Balaban J connectivity index is 1.98. The lowest BCUT2D eigenvalue weighted by Crippen LogP contribution is -2.29. The number of pyridine rings is 1. The number of amides is 1. The van der Waals surface area contributed by atoms with Gasteiger partial charge in [-0.2, -0.15) is 0 Å². The van der Waals surface area contributed by atoms with Crippen LogP contribution in [0.3, 0.4) is 0 Å². The van der Waals surface area contributed by atoms with Gasteiger partial charge in [0.2, 0.25) is 0 Å². The molecule has 4 rings (SSSR count). The number of Topliss-reactive ketones (excluding diaryl/α,β-unsaturated/α-hetero) is 1. The number of aliphatic hydroxyl groups is 1. The van der Waals surface area contributed by atoms with E-state index >= 15 is 0 Å². The number of benzene rings is 2. The van der Waals surface area contributed by atoms with Crippen LogP contribution in [0.2, 0.25) is 5.02 Å². The first-order valence-electron chi connectivity index (χ1n) is 10.5. The molecule has 0 saturated carbocycles. The summed E-state index contributed by atoms with van der Waals surface area (Å²) >= 11 is 6.30. The van der Waals surface area contributed by atoms with Gasteiger partial charge < -0.3 is 14.6 Å². The number of hydrogen-bond acceptors (Lipinski definition) is 6. The lowest BCUT2D eigenvalue weighted by molar-refractivity contribution is -0.132. The summed E-state index contributed by atoms with van der Waals surface area (Å²) in [6.07, 6.45) is 3.16. The van der Waals surface area contributed by atoms with Gasteiger partial charge in [-0.15, -0.1) is 0 Å². The number of halogens is 1. The third kappa shape index (κ3) is 3.88. The minimum atomic E-state index is -0.901. The van der Waals surface area contributed by atoms with E-state index in [2.05, 4.69) is 4.98 Å². The van der Waals surface area contributed by atoms with Crippen molar-refractivity contribution in [2.24, 2.45) is 0 Å². The lowest BCUT2D eigenvalue weighted by atomic mass is 9.95. The van der Waals surface area contributed by atoms with E-state index in [1.807, 2.05) is 26.0 Å². The smallest absolute Gasteiger partial charge is 0.300 e. The predicted octanol–water partition coefficient (Wildman–Crippen LogP) is 5.00. The molecule has 3 aromatic rings. The molecule has 1 aromatic heterocycles. The number of carbonyl (C=O) groups is 2. The number of rotatable bonds is 5. The Morgan fingerprint density at radius 1 is 1.03 bits per heavy atom. The first-order chi connectivity index (χ1) is 16.3. The van der Waals surface area contributed by atoms with E-state index in [-0.39, 0.29) is 21.9 Å². The number of hydrogen-bond donors (Lipinski definition) is 1. The molecular weight excluding hydrogens is 456 g/mol. The Bertz CT molecular complexity index is 1320. The van der Waals surface area contributed by atoms with Crippen LogP contribution in [0.4, 0.5) is 5.69 Å². The summed E-state index contributed by atoms with van der Waals surface area (Å²) in [4.78, 5) is 32.2. The van der Waals surface area contributed by atoms with E-state index in [4.69, 9.17) is 21.1 Å².